The monoisotopic (exact) mass is 433 g/mol. The third kappa shape index (κ3) is 4.05. The molecule has 0 radical (unpaired) electrons. The van der Waals surface area contributed by atoms with Gasteiger partial charge in [-0.3, -0.25) is 4.79 Å². The molecule has 1 atom stereocenters. The van der Waals surface area contributed by atoms with Crippen LogP contribution in [0.5, 0.6) is 11.5 Å². The van der Waals surface area contributed by atoms with Crippen molar-refractivity contribution >= 4 is 11.6 Å². The quantitative estimate of drug-likeness (QED) is 0.597. The number of anilines is 1. The summed E-state index contributed by atoms with van der Waals surface area (Å²) in [6.07, 6.45) is -4.26. The van der Waals surface area contributed by atoms with Crippen LogP contribution in [0, 0.1) is 0 Å². The van der Waals surface area contributed by atoms with Crippen molar-refractivity contribution in [3.05, 3.63) is 53.9 Å². The van der Waals surface area contributed by atoms with Gasteiger partial charge in [-0.1, -0.05) is 17.3 Å². The lowest BCUT2D eigenvalue weighted by Gasteiger charge is -2.19. The van der Waals surface area contributed by atoms with E-state index in [1.165, 1.54) is 26.4 Å². The Bertz CT molecular complexity index is 1100. The first-order chi connectivity index (χ1) is 14.8. The van der Waals surface area contributed by atoms with E-state index in [1.54, 1.807) is 23.1 Å². The third-order valence-corrected chi connectivity index (χ3v) is 5.06. The van der Waals surface area contributed by atoms with E-state index in [4.69, 9.17) is 14.0 Å². The molecule has 0 spiro atoms. The van der Waals surface area contributed by atoms with Crippen LogP contribution in [0.3, 0.4) is 0 Å². The molecule has 0 N–H and O–H groups in total. The van der Waals surface area contributed by atoms with Crippen molar-refractivity contribution in [3.63, 3.8) is 0 Å². The molecular weight excluding hydrogens is 415 g/mol. The number of halogens is 3. The van der Waals surface area contributed by atoms with Gasteiger partial charge in [0, 0.05) is 24.6 Å². The fourth-order valence-electron chi connectivity index (χ4n) is 3.44. The number of ether oxygens (including phenoxy) is 2. The predicted molar refractivity (Wildman–Crippen MR) is 104 cm³/mol. The maximum Gasteiger partial charge on any atom is 0.416 e. The van der Waals surface area contributed by atoms with Gasteiger partial charge in [-0.25, -0.2) is 0 Å². The highest BCUT2D eigenvalue weighted by atomic mass is 19.4. The number of rotatable bonds is 5. The number of nitrogens with zero attached hydrogens (tertiary/aromatic N) is 3. The summed E-state index contributed by atoms with van der Waals surface area (Å²) >= 11 is 0. The molecule has 7 nitrogen and oxygen atoms in total. The maximum absolute atomic E-state index is 12.7. The van der Waals surface area contributed by atoms with Crippen LogP contribution in [-0.4, -0.2) is 36.8 Å². The van der Waals surface area contributed by atoms with Crippen LogP contribution in [0.25, 0.3) is 11.4 Å². The van der Waals surface area contributed by atoms with Crippen LogP contribution >= 0.6 is 0 Å². The van der Waals surface area contributed by atoms with Gasteiger partial charge in [0.05, 0.1) is 31.4 Å². The van der Waals surface area contributed by atoms with Crippen molar-refractivity contribution in [2.24, 2.45) is 0 Å². The Labute approximate surface area is 175 Å². The second-order valence-corrected chi connectivity index (χ2v) is 6.97. The molecule has 31 heavy (non-hydrogen) atoms. The number of carbonyl (C=O) groups excluding carboxylic acids is 1. The molecule has 0 aliphatic carbocycles. The summed E-state index contributed by atoms with van der Waals surface area (Å²) in [5, 5.41) is 3.86. The van der Waals surface area contributed by atoms with Gasteiger partial charge in [0.25, 0.3) is 0 Å². The molecule has 1 aromatic heterocycles. The van der Waals surface area contributed by atoms with E-state index in [2.05, 4.69) is 10.1 Å². The van der Waals surface area contributed by atoms with E-state index < -0.39 is 11.7 Å². The summed E-state index contributed by atoms with van der Waals surface area (Å²) in [6.45, 7) is 0.302. The molecule has 2 aromatic carbocycles. The van der Waals surface area contributed by atoms with Crippen molar-refractivity contribution < 1.29 is 32.0 Å². The Morgan fingerprint density at radius 3 is 2.48 bits per heavy atom. The Hall–Kier alpha value is -3.56. The smallest absolute Gasteiger partial charge is 0.416 e. The van der Waals surface area contributed by atoms with Gasteiger partial charge in [0.15, 0.2) is 0 Å². The number of hydrogen-bond acceptors (Lipinski definition) is 6. The van der Waals surface area contributed by atoms with Crippen molar-refractivity contribution in [2.45, 2.75) is 18.5 Å². The Balaban J connectivity index is 1.54. The van der Waals surface area contributed by atoms with Gasteiger partial charge in [-0.05, 0) is 24.3 Å². The van der Waals surface area contributed by atoms with E-state index in [9.17, 15) is 18.0 Å². The van der Waals surface area contributed by atoms with Crippen molar-refractivity contribution in [3.8, 4) is 22.9 Å². The average Bonchev–Trinajstić information content (AvgIpc) is 3.39. The highest BCUT2D eigenvalue weighted by molar-refractivity contribution is 5.97. The summed E-state index contributed by atoms with van der Waals surface area (Å²) in [6, 6.07) is 9.64. The lowest BCUT2D eigenvalue weighted by atomic mass is 10.1. The Morgan fingerprint density at radius 1 is 1.10 bits per heavy atom. The average molecular weight is 433 g/mol. The minimum absolute atomic E-state index is 0.136. The highest BCUT2D eigenvalue weighted by Crippen LogP contribution is 2.38. The van der Waals surface area contributed by atoms with Crippen LogP contribution in [0.1, 0.15) is 23.8 Å². The SMILES string of the molecule is COc1ccc(N2C[C@@H](c3nc(-c4ccc(C(F)(F)F)cc4)no3)CC2=O)c(OC)c1. The second-order valence-electron chi connectivity index (χ2n) is 6.97. The number of aromatic nitrogens is 2. The Morgan fingerprint density at radius 2 is 1.84 bits per heavy atom. The Kier molecular flexibility index (Phi) is 5.30. The number of alkyl halides is 3. The normalized spacial score (nSPS) is 16.6. The molecule has 1 fully saturated rings. The van der Waals surface area contributed by atoms with E-state index in [0.29, 0.717) is 29.3 Å². The minimum atomic E-state index is -4.42. The topological polar surface area (TPSA) is 77.7 Å². The van der Waals surface area contributed by atoms with Crippen LogP contribution in [0.15, 0.2) is 47.0 Å². The summed E-state index contributed by atoms with van der Waals surface area (Å²) in [4.78, 5) is 18.5. The molecule has 4 rings (SSSR count). The molecule has 1 saturated heterocycles. The molecule has 0 saturated carbocycles. The third-order valence-electron chi connectivity index (χ3n) is 5.06. The standard InChI is InChI=1S/C21H18F3N3O4/c1-29-15-7-8-16(17(10-15)30-2)27-11-13(9-18(27)28)20-25-19(26-31-20)12-3-5-14(6-4-12)21(22,23)24/h3-8,10,13H,9,11H2,1-2H3/t13-/m0/s1. The van der Waals surface area contributed by atoms with Gasteiger partial charge < -0.3 is 18.9 Å². The highest BCUT2D eigenvalue weighted by Gasteiger charge is 2.36. The van der Waals surface area contributed by atoms with Gasteiger partial charge in [0.2, 0.25) is 17.6 Å². The molecule has 2 heterocycles. The summed E-state index contributed by atoms with van der Waals surface area (Å²) in [5.41, 5.74) is 0.227. The van der Waals surface area contributed by atoms with Crippen molar-refractivity contribution in [2.75, 3.05) is 25.7 Å². The maximum atomic E-state index is 12.7. The fourth-order valence-corrected chi connectivity index (χ4v) is 3.44. The molecule has 1 aliphatic rings. The molecule has 1 amide bonds. The van der Waals surface area contributed by atoms with Crippen LogP contribution < -0.4 is 14.4 Å². The minimum Gasteiger partial charge on any atom is -0.497 e. The van der Waals surface area contributed by atoms with Crippen LogP contribution in [-0.2, 0) is 11.0 Å². The number of amides is 1. The predicted octanol–water partition coefficient (Wildman–Crippen LogP) is 4.29. The van der Waals surface area contributed by atoms with Gasteiger partial charge >= 0.3 is 6.18 Å². The zero-order chi connectivity index (χ0) is 22.2. The first kappa shape index (κ1) is 20.7. The lowest BCUT2D eigenvalue weighted by Crippen LogP contribution is -2.24. The van der Waals surface area contributed by atoms with E-state index in [-0.39, 0.29) is 30.0 Å². The number of benzene rings is 2. The second kappa shape index (κ2) is 7.93. The first-order valence-electron chi connectivity index (χ1n) is 9.33. The molecule has 0 bridgehead atoms. The molecule has 1 aliphatic heterocycles. The van der Waals surface area contributed by atoms with Crippen molar-refractivity contribution in [1.29, 1.82) is 0 Å². The zero-order valence-electron chi connectivity index (χ0n) is 16.6. The van der Waals surface area contributed by atoms with Gasteiger partial charge in [-0.2, -0.15) is 18.2 Å². The zero-order valence-corrected chi connectivity index (χ0v) is 16.6. The molecule has 10 heteroatoms. The first-order valence-corrected chi connectivity index (χ1v) is 9.33. The summed E-state index contributed by atoms with van der Waals surface area (Å²) in [7, 11) is 3.04. The largest absolute Gasteiger partial charge is 0.497 e. The van der Waals surface area contributed by atoms with E-state index >= 15 is 0 Å². The molecular formula is C21H18F3N3O4. The molecule has 162 valence electrons. The number of methoxy groups -OCH3 is 2. The van der Waals surface area contributed by atoms with E-state index in [1.807, 2.05) is 0 Å². The molecule has 3 aromatic rings. The summed E-state index contributed by atoms with van der Waals surface area (Å²) in [5.74, 6) is 1.01. The van der Waals surface area contributed by atoms with Gasteiger partial charge in [-0.15, -0.1) is 0 Å². The lowest BCUT2D eigenvalue weighted by molar-refractivity contribution is -0.137. The number of hydrogen-bond donors (Lipinski definition) is 0. The van der Waals surface area contributed by atoms with Crippen LogP contribution in [0.4, 0.5) is 18.9 Å². The fraction of sp³-hybridized carbons (Fsp3) is 0.286. The van der Waals surface area contributed by atoms with E-state index in [0.717, 1.165) is 12.1 Å². The molecule has 0 unspecified atom stereocenters. The number of carbonyl (C=O) groups is 1. The van der Waals surface area contributed by atoms with Crippen molar-refractivity contribution in [1.82, 2.24) is 10.1 Å². The van der Waals surface area contributed by atoms with Crippen LogP contribution in [0.2, 0.25) is 0 Å². The van der Waals surface area contributed by atoms with Gasteiger partial charge in [0.1, 0.15) is 11.5 Å². The summed E-state index contributed by atoms with van der Waals surface area (Å²) < 4.78 is 54.1.